The Hall–Kier alpha value is -2.89. The molecule has 140 valence electrons. The molecule has 0 saturated carbocycles. The Morgan fingerprint density at radius 2 is 1.93 bits per heavy atom. The van der Waals surface area contributed by atoms with Gasteiger partial charge in [0.05, 0.1) is 5.56 Å². The van der Waals surface area contributed by atoms with Crippen LogP contribution in [-0.4, -0.2) is 35.4 Å². The topological polar surface area (TPSA) is 65.2 Å². The Morgan fingerprint density at radius 3 is 2.70 bits per heavy atom. The van der Waals surface area contributed by atoms with Crippen LogP contribution in [0.25, 0.3) is 6.08 Å². The number of rotatable bonds is 2. The lowest BCUT2D eigenvalue weighted by Crippen LogP contribution is -2.38. The van der Waals surface area contributed by atoms with Gasteiger partial charge in [-0.25, -0.2) is 4.39 Å². The van der Waals surface area contributed by atoms with E-state index in [9.17, 15) is 14.0 Å². The number of piperidine rings is 1. The molecule has 1 amide bonds. The van der Waals surface area contributed by atoms with Crippen molar-refractivity contribution in [1.29, 1.82) is 0 Å². The number of halogens is 1. The van der Waals surface area contributed by atoms with Crippen LogP contribution in [0.3, 0.4) is 0 Å². The number of nitrogens with one attached hydrogen (secondary N) is 2. The maximum absolute atomic E-state index is 13.8. The largest absolute Gasteiger partial charge is 0.371 e. The first-order chi connectivity index (χ1) is 13.1. The van der Waals surface area contributed by atoms with Gasteiger partial charge in [-0.1, -0.05) is 29.8 Å². The third kappa shape index (κ3) is 3.65. The van der Waals surface area contributed by atoms with E-state index in [0.717, 1.165) is 30.5 Å². The Balaban J connectivity index is 1.51. The van der Waals surface area contributed by atoms with Gasteiger partial charge < -0.3 is 15.2 Å². The van der Waals surface area contributed by atoms with Crippen LogP contribution in [-0.2, 0) is 6.42 Å². The number of nitrogens with zero attached hydrogens (tertiary/aromatic N) is 1. The SMILES string of the molecule is O=C(c1cc(=O)[nH]c2c1CCCN2)N1CCC(=Cc2ccccc2F)CC1. The molecule has 5 nitrogen and oxygen atoms in total. The first-order valence-electron chi connectivity index (χ1n) is 9.35. The number of carbonyl (C=O) groups excluding carboxylic acids is 1. The highest BCUT2D eigenvalue weighted by atomic mass is 19.1. The van der Waals surface area contributed by atoms with E-state index < -0.39 is 0 Å². The molecule has 1 aromatic carbocycles. The summed E-state index contributed by atoms with van der Waals surface area (Å²) in [6, 6.07) is 8.12. The fraction of sp³-hybridized carbons (Fsp3) is 0.333. The highest BCUT2D eigenvalue weighted by Crippen LogP contribution is 2.26. The van der Waals surface area contributed by atoms with Gasteiger partial charge in [-0.15, -0.1) is 0 Å². The van der Waals surface area contributed by atoms with Crippen molar-refractivity contribution >= 4 is 17.8 Å². The summed E-state index contributed by atoms with van der Waals surface area (Å²) < 4.78 is 13.8. The van der Waals surface area contributed by atoms with Gasteiger partial charge in [-0.05, 0) is 31.7 Å². The maximum atomic E-state index is 13.8. The first kappa shape index (κ1) is 17.5. The minimum atomic E-state index is -0.261. The fourth-order valence-corrected chi connectivity index (χ4v) is 3.79. The highest BCUT2D eigenvalue weighted by Gasteiger charge is 2.25. The van der Waals surface area contributed by atoms with E-state index >= 15 is 0 Å². The Labute approximate surface area is 156 Å². The zero-order valence-electron chi connectivity index (χ0n) is 15.1. The zero-order chi connectivity index (χ0) is 18.8. The smallest absolute Gasteiger partial charge is 0.254 e. The standard InChI is InChI=1S/C21H22FN3O2/c22-18-6-2-1-4-15(18)12-14-7-10-25(11-8-14)21(27)17-13-19(26)24-20-16(17)5-3-9-23-20/h1-2,4,6,12-13H,3,5,7-11H2,(H2,23,24,26). The lowest BCUT2D eigenvalue weighted by molar-refractivity contribution is 0.0742. The van der Waals surface area contributed by atoms with E-state index in [2.05, 4.69) is 10.3 Å². The van der Waals surface area contributed by atoms with Crippen LogP contribution < -0.4 is 10.9 Å². The lowest BCUT2D eigenvalue weighted by Gasteiger charge is -2.30. The number of likely N-dealkylation sites (tertiary alicyclic amines) is 1. The quantitative estimate of drug-likeness (QED) is 0.857. The first-order valence-corrected chi connectivity index (χ1v) is 9.35. The molecule has 0 aliphatic carbocycles. The summed E-state index contributed by atoms with van der Waals surface area (Å²) in [6.07, 6.45) is 5.03. The van der Waals surface area contributed by atoms with Gasteiger partial charge in [0.1, 0.15) is 11.6 Å². The van der Waals surface area contributed by atoms with Crippen molar-refractivity contribution in [3.63, 3.8) is 0 Å². The van der Waals surface area contributed by atoms with Gasteiger partial charge in [-0.3, -0.25) is 9.59 Å². The van der Waals surface area contributed by atoms with Gasteiger partial charge in [-0.2, -0.15) is 0 Å². The summed E-state index contributed by atoms with van der Waals surface area (Å²) in [5.74, 6) is 0.353. The molecule has 1 fully saturated rings. The monoisotopic (exact) mass is 367 g/mol. The molecule has 0 spiro atoms. The molecule has 0 radical (unpaired) electrons. The normalized spacial score (nSPS) is 16.5. The van der Waals surface area contributed by atoms with Gasteiger partial charge in [0.2, 0.25) is 5.56 Å². The van der Waals surface area contributed by atoms with Crippen molar-refractivity contribution in [3.05, 3.63) is 68.8 Å². The second kappa shape index (κ2) is 7.39. The van der Waals surface area contributed by atoms with Crippen LogP contribution in [0.2, 0.25) is 0 Å². The predicted octanol–water partition coefficient (Wildman–Crippen LogP) is 3.19. The van der Waals surface area contributed by atoms with Crippen molar-refractivity contribution in [3.8, 4) is 0 Å². The molecule has 0 atom stereocenters. The van der Waals surface area contributed by atoms with E-state index in [1.807, 2.05) is 12.1 Å². The Bertz CT molecular complexity index is 954. The summed E-state index contributed by atoms with van der Waals surface area (Å²) in [5, 5.41) is 3.17. The van der Waals surface area contributed by atoms with E-state index in [-0.39, 0.29) is 17.3 Å². The summed E-state index contributed by atoms with van der Waals surface area (Å²) in [6.45, 7) is 1.96. The molecule has 0 unspecified atom stereocenters. The summed E-state index contributed by atoms with van der Waals surface area (Å²) in [4.78, 5) is 29.5. The number of carbonyl (C=O) groups is 1. The number of aromatic nitrogens is 1. The number of aromatic amines is 1. The molecule has 1 saturated heterocycles. The predicted molar refractivity (Wildman–Crippen MR) is 103 cm³/mol. The number of hydrogen-bond donors (Lipinski definition) is 2. The number of benzene rings is 1. The highest BCUT2D eigenvalue weighted by molar-refractivity contribution is 5.97. The Morgan fingerprint density at radius 1 is 1.15 bits per heavy atom. The van der Waals surface area contributed by atoms with Crippen molar-refractivity contribution in [2.75, 3.05) is 25.0 Å². The van der Waals surface area contributed by atoms with Crippen LogP contribution in [0, 0.1) is 5.82 Å². The van der Waals surface area contributed by atoms with Crippen LogP contribution >= 0.6 is 0 Å². The van der Waals surface area contributed by atoms with Crippen molar-refractivity contribution < 1.29 is 9.18 Å². The van der Waals surface area contributed by atoms with E-state index in [4.69, 9.17) is 0 Å². The number of amides is 1. The summed E-state index contributed by atoms with van der Waals surface area (Å²) in [5.41, 5.74) is 2.87. The number of H-pyrrole nitrogens is 1. The number of pyridine rings is 1. The number of anilines is 1. The zero-order valence-corrected chi connectivity index (χ0v) is 15.1. The fourth-order valence-electron chi connectivity index (χ4n) is 3.79. The molecule has 0 bridgehead atoms. The molecule has 4 rings (SSSR count). The van der Waals surface area contributed by atoms with Gasteiger partial charge in [0, 0.05) is 36.8 Å². The summed E-state index contributed by atoms with van der Waals surface area (Å²) >= 11 is 0. The molecule has 1 aromatic heterocycles. The number of hydrogen-bond acceptors (Lipinski definition) is 3. The Kier molecular flexibility index (Phi) is 4.79. The third-order valence-electron chi connectivity index (χ3n) is 5.24. The van der Waals surface area contributed by atoms with Crippen LogP contribution in [0.4, 0.5) is 10.2 Å². The molecule has 27 heavy (non-hydrogen) atoms. The molecule has 2 aliphatic rings. The lowest BCUT2D eigenvalue weighted by atomic mass is 9.97. The van der Waals surface area contributed by atoms with Gasteiger partial charge >= 0.3 is 0 Å². The van der Waals surface area contributed by atoms with Crippen LogP contribution in [0.1, 0.15) is 40.7 Å². The van der Waals surface area contributed by atoms with Crippen LogP contribution in [0.15, 0.2) is 40.7 Å². The van der Waals surface area contributed by atoms with Crippen molar-refractivity contribution in [2.45, 2.75) is 25.7 Å². The maximum Gasteiger partial charge on any atom is 0.254 e. The molecule has 2 N–H and O–H groups in total. The van der Waals surface area contributed by atoms with E-state index in [1.165, 1.54) is 12.1 Å². The molecule has 2 aliphatic heterocycles. The van der Waals surface area contributed by atoms with E-state index in [0.29, 0.717) is 42.9 Å². The molecular formula is C21H22FN3O2. The second-order valence-corrected chi connectivity index (χ2v) is 7.05. The molecule has 3 heterocycles. The molecular weight excluding hydrogens is 345 g/mol. The third-order valence-corrected chi connectivity index (χ3v) is 5.24. The van der Waals surface area contributed by atoms with Gasteiger partial charge in [0.25, 0.3) is 5.91 Å². The second-order valence-electron chi connectivity index (χ2n) is 7.05. The average Bonchev–Trinajstić information content (AvgIpc) is 2.69. The minimum Gasteiger partial charge on any atom is -0.371 e. The number of fused-ring (bicyclic) bond motifs is 1. The minimum absolute atomic E-state index is 0.0917. The van der Waals surface area contributed by atoms with Crippen molar-refractivity contribution in [1.82, 2.24) is 9.88 Å². The molecule has 2 aromatic rings. The van der Waals surface area contributed by atoms with Crippen LogP contribution in [0.5, 0.6) is 0 Å². The van der Waals surface area contributed by atoms with E-state index in [1.54, 1.807) is 17.0 Å². The average molecular weight is 367 g/mol. The molecule has 6 heteroatoms. The van der Waals surface area contributed by atoms with Gasteiger partial charge in [0.15, 0.2) is 0 Å². The van der Waals surface area contributed by atoms with Crippen molar-refractivity contribution in [2.24, 2.45) is 0 Å². The summed E-state index contributed by atoms with van der Waals surface area (Å²) in [7, 11) is 0.